The zero-order valence-corrected chi connectivity index (χ0v) is 12.6. The SMILES string of the molecule is Cc1c(C(C)(C)C)ccc2oc(C(C)(C)C)cc12. The number of benzene rings is 1. The maximum Gasteiger partial charge on any atom is 0.134 e. The number of hydrogen-bond acceptors (Lipinski definition) is 1. The lowest BCUT2D eigenvalue weighted by Gasteiger charge is -2.21. The van der Waals surface area contributed by atoms with Crippen molar-refractivity contribution in [3.05, 3.63) is 35.1 Å². The molecule has 0 unspecified atom stereocenters. The van der Waals surface area contributed by atoms with Gasteiger partial charge in [0.25, 0.3) is 0 Å². The minimum absolute atomic E-state index is 0.0629. The summed E-state index contributed by atoms with van der Waals surface area (Å²) in [6, 6.07) is 6.52. The summed E-state index contributed by atoms with van der Waals surface area (Å²) < 4.78 is 5.98. The first kappa shape index (κ1) is 13.2. The van der Waals surface area contributed by atoms with E-state index in [-0.39, 0.29) is 10.8 Å². The summed E-state index contributed by atoms with van der Waals surface area (Å²) in [5.74, 6) is 1.06. The number of furan rings is 1. The molecule has 1 heteroatoms. The smallest absolute Gasteiger partial charge is 0.134 e. The van der Waals surface area contributed by atoms with Crippen molar-refractivity contribution in [3.63, 3.8) is 0 Å². The molecule has 0 aliphatic rings. The Morgan fingerprint density at radius 1 is 0.889 bits per heavy atom. The van der Waals surface area contributed by atoms with Crippen molar-refractivity contribution < 1.29 is 4.42 Å². The van der Waals surface area contributed by atoms with Gasteiger partial charge in [0.1, 0.15) is 11.3 Å². The third kappa shape index (κ3) is 2.19. The van der Waals surface area contributed by atoms with E-state index in [1.54, 1.807) is 0 Å². The van der Waals surface area contributed by atoms with Gasteiger partial charge in [-0.05, 0) is 35.6 Å². The van der Waals surface area contributed by atoms with Crippen LogP contribution in [-0.2, 0) is 10.8 Å². The molecule has 0 N–H and O–H groups in total. The van der Waals surface area contributed by atoms with Crippen LogP contribution in [0.15, 0.2) is 22.6 Å². The largest absolute Gasteiger partial charge is 0.461 e. The summed E-state index contributed by atoms with van der Waals surface area (Å²) in [6.07, 6.45) is 0. The van der Waals surface area contributed by atoms with Gasteiger partial charge in [-0.3, -0.25) is 0 Å². The number of hydrogen-bond donors (Lipinski definition) is 0. The van der Waals surface area contributed by atoms with Crippen molar-refractivity contribution in [1.82, 2.24) is 0 Å². The Bertz CT molecular complexity index is 574. The molecule has 1 aromatic heterocycles. The third-order valence-corrected chi connectivity index (χ3v) is 3.52. The van der Waals surface area contributed by atoms with Crippen LogP contribution in [0.25, 0.3) is 11.0 Å². The molecule has 0 amide bonds. The summed E-state index contributed by atoms with van der Waals surface area (Å²) >= 11 is 0. The van der Waals surface area contributed by atoms with Gasteiger partial charge in [0.15, 0.2) is 0 Å². The fraction of sp³-hybridized carbons (Fsp3) is 0.529. The molecule has 0 radical (unpaired) electrons. The van der Waals surface area contributed by atoms with Crippen molar-refractivity contribution in [2.75, 3.05) is 0 Å². The molecule has 0 fully saturated rings. The number of aryl methyl sites for hydroxylation is 1. The average Bonchev–Trinajstić information content (AvgIpc) is 2.59. The normalized spacial score (nSPS) is 13.3. The molecule has 2 rings (SSSR count). The van der Waals surface area contributed by atoms with Gasteiger partial charge < -0.3 is 4.42 Å². The van der Waals surface area contributed by atoms with Crippen molar-refractivity contribution in [1.29, 1.82) is 0 Å². The first-order valence-electron chi connectivity index (χ1n) is 6.65. The van der Waals surface area contributed by atoms with Crippen molar-refractivity contribution >= 4 is 11.0 Å². The molecule has 0 aliphatic carbocycles. The monoisotopic (exact) mass is 244 g/mol. The molecule has 1 heterocycles. The quantitative estimate of drug-likeness (QED) is 0.610. The van der Waals surface area contributed by atoms with E-state index < -0.39 is 0 Å². The molecule has 0 atom stereocenters. The molecule has 1 nitrogen and oxygen atoms in total. The van der Waals surface area contributed by atoms with Gasteiger partial charge >= 0.3 is 0 Å². The molecular weight excluding hydrogens is 220 g/mol. The number of rotatable bonds is 0. The highest BCUT2D eigenvalue weighted by atomic mass is 16.3. The van der Waals surface area contributed by atoms with E-state index in [1.807, 2.05) is 0 Å². The van der Waals surface area contributed by atoms with Crippen LogP contribution >= 0.6 is 0 Å². The van der Waals surface area contributed by atoms with E-state index in [2.05, 4.69) is 66.7 Å². The Labute approximate surface area is 110 Å². The van der Waals surface area contributed by atoms with Gasteiger partial charge in [-0.25, -0.2) is 0 Å². The molecule has 0 aliphatic heterocycles. The van der Waals surface area contributed by atoms with E-state index in [9.17, 15) is 0 Å². The van der Waals surface area contributed by atoms with Crippen LogP contribution in [0, 0.1) is 6.92 Å². The maximum absolute atomic E-state index is 5.98. The molecule has 0 saturated heterocycles. The number of fused-ring (bicyclic) bond motifs is 1. The van der Waals surface area contributed by atoms with Gasteiger partial charge in [-0.1, -0.05) is 47.6 Å². The first-order valence-corrected chi connectivity index (χ1v) is 6.65. The van der Waals surface area contributed by atoms with Gasteiger partial charge in [0.2, 0.25) is 0 Å². The van der Waals surface area contributed by atoms with E-state index in [1.165, 1.54) is 16.5 Å². The van der Waals surface area contributed by atoms with Gasteiger partial charge in [-0.2, -0.15) is 0 Å². The molecule has 98 valence electrons. The van der Waals surface area contributed by atoms with Crippen LogP contribution in [0.3, 0.4) is 0 Å². The van der Waals surface area contributed by atoms with Crippen molar-refractivity contribution in [2.24, 2.45) is 0 Å². The summed E-state index contributed by atoms with van der Waals surface area (Å²) in [5.41, 5.74) is 3.99. The van der Waals surface area contributed by atoms with E-state index in [0.29, 0.717) is 0 Å². The summed E-state index contributed by atoms with van der Waals surface area (Å²) in [5, 5.41) is 1.26. The van der Waals surface area contributed by atoms with E-state index >= 15 is 0 Å². The van der Waals surface area contributed by atoms with Crippen molar-refractivity contribution in [3.8, 4) is 0 Å². The minimum Gasteiger partial charge on any atom is -0.461 e. The van der Waals surface area contributed by atoms with Crippen LogP contribution in [0.2, 0.25) is 0 Å². The summed E-state index contributed by atoms with van der Waals surface area (Å²) in [6.45, 7) is 15.5. The fourth-order valence-corrected chi connectivity index (χ4v) is 2.43. The molecule has 0 bridgehead atoms. The highest BCUT2D eigenvalue weighted by molar-refractivity contribution is 5.83. The van der Waals surface area contributed by atoms with Crippen LogP contribution < -0.4 is 0 Å². The van der Waals surface area contributed by atoms with Crippen LogP contribution in [0.1, 0.15) is 58.4 Å². The predicted molar refractivity (Wildman–Crippen MR) is 78.4 cm³/mol. The van der Waals surface area contributed by atoms with E-state index in [4.69, 9.17) is 4.42 Å². The Kier molecular flexibility index (Phi) is 2.84. The minimum atomic E-state index is 0.0629. The van der Waals surface area contributed by atoms with Crippen molar-refractivity contribution in [2.45, 2.75) is 59.3 Å². The standard InChI is InChI=1S/C17H24O/c1-11-12-10-15(17(5,6)7)18-14(12)9-8-13(11)16(2,3)4/h8-10H,1-7H3. The Hall–Kier alpha value is -1.24. The van der Waals surface area contributed by atoms with Gasteiger partial charge in [-0.15, -0.1) is 0 Å². The maximum atomic E-state index is 5.98. The lowest BCUT2D eigenvalue weighted by molar-refractivity contribution is 0.430. The fourth-order valence-electron chi connectivity index (χ4n) is 2.43. The molecular formula is C17H24O. The zero-order valence-electron chi connectivity index (χ0n) is 12.6. The topological polar surface area (TPSA) is 13.1 Å². The predicted octanol–water partition coefficient (Wildman–Crippen LogP) is 5.34. The molecule has 1 aromatic carbocycles. The lowest BCUT2D eigenvalue weighted by Crippen LogP contribution is -2.12. The first-order chi connectivity index (χ1) is 8.10. The second-order valence-corrected chi connectivity index (χ2v) is 7.26. The highest BCUT2D eigenvalue weighted by Gasteiger charge is 2.22. The van der Waals surface area contributed by atoms with Crippen LogP contribution in [0.4, 0.5) is 0 Å². The Morgan fingerprint density at radius 2 is 1.50 bits per heavy atom. The third-order valence-electron chi connectivity index (χ3n) is 3.52. The average molecular weight is 244 g/mol. The zero-order chi connectivity index (χ0) is 13.7. The second-order valence-electron chi connectivity index (χ2n) is 7.26. The lowest BCUT2D eigenvalue weighted by atomic mass is 9.83. The molecule has 0 spiro atoms. The highest BCUT2D eigenvalue weighted by Crippen LogP contribution is 2.35. The molecule has 18 heavy (non-hydrogen) atoms. The van der Waals surface area contributed by atoms with Crippen LogP contribution in [-0.4, -0.2) is 0 Å². The Morgan fingerprint density at radius 3 is 2.00 bits per heavy atom. The molecule has 0 saturated carbocycles. The second kappa shape index (κ2) is 3.88. The Balaban J connectivity index is 2.69. The van der Waals surface area contributed by atoms with Crippen LogP contribution in [0.5, 0.6) is 0 Å². The molecule has 2 aromatic rings. The summed E-state index contributed by atoms with van der Waals surface area (Å²) in [4.78, 5) is 0. The van der Waals surface area contributed by atoms with E-state index in [0.717, 1.165) is 11.3 Å². The van der Waals surface area contributed by atoms with Gasteiger partial charge in [0, 0.05) is 10.8 Å². The van der Waals surface area contributed by atoms with Gasteiger partial charge in [0.05, 0.1) is 0 Å². The summed E-state index contributed by atoms with van der Waals surface area (Å²) in [7, 11) is 0.